The summed E-state index contributed by atoms with van der Waals surface area (Å²) in [5.74, 6) is -2.63. The van der Waals surface area contributed by atoms with Gasteiger partial charge in [0.2, 0.25) is 0 Å². The van der Waals surface area contributed by atoms with E-state index >= 15 is 0 Å². The van der Waals surface area contributed by atoms with Crippen molar-refractivity contribution in [2.45, 2.75) is 65.9 Å². The van der Waals surface area contributed by atoms with Crippen molar-refractivity contribution < 1.29 is 13.5 Å². The normalized spacial score (nSPS) is 29.2. The van der Waals surface area contributed by atoms with E-state index in [0.717, 1.165) is 0 Å². The average Bonchev–Trinajstić information content (AvgIpc) is 2.44. The van der Waals surface area contributed by atoms with Crippen molar-refractivity contribution in [3.63, 3.8) is 0 Å². The summed E-state index contributed by atoms with van der Waals surface area (Å²) < 4.78 is 32.4. The molecule has 0 spiro atoms. The van der Waals surface area contributed by atoms with E-state index in [4.69, 9.17) is 4.74 Å². The Morgan fingerprint density at radius 3 is 1.69 bits per heavy atom. The second-order valence-corrected chi connectivity index (χ2v) is 7.46. The molecule has 1 aliphatic rings. The van der Waals surface area contributed by atoms with E-state index in [1.165, 1.54) is 0 Å². The number of hydrogen-bond donors (Lipinski definition) is 0. The highest BCUT2D eigenvalue weighted by Crippen LogP contribution is 2.60. The van der Waals surface area contributed by atoms with Crippen LogP contribution in [0.5, 0.6) is 0 Å². The van der Waals surface area contributed by atoms with E-state index in [0.29, 0.717) is 13.0 Å². The van der Waals surface area contributed by atoms with Crippen LogP contribution in [-0.2, 0) is 4.74 Å². The molecule has 0 amide bonds. The van der Waals surface area contributed by atoms with Crippen molar-refractivity contribution in [2.75, 3.05) is 6.61 Å². The van der Waals surface area contributed by atoms with Gasteiger partial charge in [0.25, 0.3) is 5.92 Å². The van der Waals surface area contributed by atoms with Gasteiger partial charge in [-0.25, -0.2) is 8.78 Å². The fourth-order valence-corrected chi connectivity index (χ4v) is 1.93. The number of rotatable bonds is 3. The minimum atomic E-state index is -2.63. The zero-order chi connectivity index (χ0) is 12.8. The molecule has 0 unspecified atom stereocenters. The van der Waals surface area contributed by atoms with Crippen LogP contribution in [0.1, 0.15) is 54.4 Å². The first-order valence-electron chi connectivity index (χ1n) is 5.89. The van der Waals surface area contributed by atoms with Gasteiger partial charge in [0, 0.05) is 6.42 Å². The van der Waals surface area contributed by atoms with Gasteiger partial charge in [0.15, 0.2) is 0 Å². The molecule has 1 fully saturated rings. The van der Waals surface area contributed by atoms with Crippen molar-refractivity contribution in [2.24, 2.45) is 10.8 Å². The zero-order valence-electron chi connectivity index (χ0n) is 11.3. The number of hydrogen-bond acceptors (Lipinski definition) is 1. The minimum Gasteiger partial charge on any atom is -0.368 e. The molecule has 0 bridgehead atoms. The second-order valence-electron chi connectivity index (χ2n) is 7.46. The van der Waals surface area contributed by atoms with Gasteiger partial charge in [0.1, 0.15) is 5.60 Å². The molecule has 1 rings (SSSR count). The zero-order valence-corrected chi connectivity index (χ0v) is 11.3. The van der Waals surface area contributed by atoms with Gasteiger partial charge in [-0.15, -0.1) is 0 Å². The summed E-state index contributed by atoms with van der Waals surface area (Å²) in [5, 5.41) is 0. The van der Waals surface area contributed by atoms with Gasteiger partial charge in [-0.1, -0.05) is 41.5 Å². The number of ether oxygens (including phenoxy) is 1. The van der Waals surface area contributed by atoms with E-state index in [-0.39, 0.29) is 17.3 Å². The second kappa shape index (κ2) is 3.66. The fourth-order valence-electron chi connectivity index (χ4n) is 1.93. The molecule has 0 aromatic heterocycles. The van der Waals surface area contributed by atoms with Crippen LogP contribution in [0.2, 0.25) is 0 Å². The molecule has 1 nitrogen and oxygen atoms in total. The maximum atomic E-state index is 13.4. The number of halogens is 2. The molecular formula is C13H24F2O. The summed E-state index contributed by atoms with van der Waals surface area (Å²) in [6.07, 6.45) is 0.302. The summed E-state index contributed by atoms with van der Waals surface area (Å²) in [5.41, 5.74) is -1.39. The van der Waals surface area contributed by atoms with Crippen LogP contribution in [0, 0.1) is 10.8 Å². The molecule has 96 valence electrons. The molecule has 0 aliphatic heterocycles. The van der Waals surface area contributed by atoms with E-state index in [9.17, 15) is 8.78 Å². The van der Waals surface area contributed by atoms with Gasteiger partial charge < -0.3 is 4.74 Å². The van der Waals surface area contributed by atoms with Gasteiger partial charge in [-0.05, 0) is 17.3 Å². The lowest BCUT2D eigenvalue weighted by molar-refractivity contribution is -0.0926. The highest BCUT2D eigenvalue weighted by Gasteiger charge is 2.73. The third-order valence-corrected chi connectivity index (χ3v) is 2.65. The van der Waals surface area contributed by atoms with Crippen molar-refractivity contribution in [1.29, 1.82) is 0 Å². The molecule has 0 saturated heterocycles. The van der Waals surface area contributed by atoms with Crippen LogP contribution in [-0.4, -0.2) is 18.1 Å². The summed E-state index contributed by atoms with van der Waals surface area (Å²) in [4.78, 5) is 0. The summed E-state index contributed by atoms with van der Waals surface area (Å²) >= 11 is 0. The standard InChI is InChI=1S/C13H24F2O/c1-10(2,3)7-12(8-13(12,14)15)16-9-11(4,5)6/h7-9H2,1-6H3/t12-/m0/s1. The molecule has 0 N–H and O–H groups in total. The highest BCUT2D eigenvalue weighted by atomic mass is 19.3. The molecule has 16 heavy (non-hydrogen) atoms. The maximum absolute atomic E-state index is 13.4. The highest BCUT2D eigenvalue weighted by molar-refractivity contribution is 5.14. The predicted molar refractivity (Wildman–Crippen MR) is 61.8 cm³/mol. The molecule has 3 heteroatoms. The average molecular weight is 234 g/mol. The van der Waals surface area contributed by atoms with Gasteiger partial charge >= 0.3 is 0 Å². The molecule has 0 heterocycles. The lowest BCUT2D eigenvalue weighted by atomic mass is 9.87. The van der Waals surface area contributed by atoms with Crippen LogP contribution in [0.4, 0.5) is 8.78 Å². The van der Waals surface area contributed by atoms with Gasteiger partial charge in [-0.2, -0.15) is 0 Å². The Labute approximate surface area is 97.6 Å². The van der Waals surface area contributed by atoms with E-state index in [2.05, 4.69) is 0 Å². The Kier molecular flexibility index (Phi) is 3.17. The van der Waals surface area contributed by atoms with Crippen molar-refractivity contribution in [3.8, 4) is 0 Å². The quantitative estimate of drug-likeness (QED) is 0.709. The predicted octanol–water partition coefficient (Wildman–Crippen LogP) is 4.26. The summed E-state index contributed by atoms with van der Waals surface area (Å²) in [6.45, 7) is 12.3. The molecule has 0 aromatic carbocycles. The van der Waals surface area contributed by atoms with Crippen molar-refractivity contribution in [3.05, 3.63) is 0 Å². The first-order valence-corrected chi connectivity index (χ1v) is 5.89. The molecule has 1 saturated carbocycles. The maximum Gasteiger partial charge on any atom is 0.279 e. The third kappa shape index (κ3) is 3.41. The van der Waals surface area contributed by atoms with Crippen LogP contribution in [0.25, 0.3) is 0 Å². The van der Waals surface area contributed by atoms with Crippen LogP contribution in [0.3, 0.4) is 0 Å². The van der Waals surface area contributed by atoms with E-state index in [1.807, 2.05) is 41.5 Å². The Morgan fingerprint density at radius 1 is 1.00 bits per heavy atom. The first kappa shape index (κ1) is 13.9. The lowest BCUT2D eigenvalue weighted by Crippen LogP contribution is -2.32. The van der Waals surface area contributed by atoms with Crippen LogP contribution < -0.4 is 0 Å². The topological polar surface area (TPSA) is 9.23 Å². The fraction of sp³-hybridized carbons (Fsp3) is 1.00. The summed E-state index contributed by atoms with van der Waals surface area (Å²) in [6, 6.07) is 0. The third-order valence-electron chi connectivity index (χ3n) is 2.65. The molecular weight excluding hydrogens is 210 g/mol. The lowest BCUT2D eigenvalue weighted by Gasteiger charge is -2.29. The molecule has 1 aliphatic carbocycles. The van der Waals surface area contributed by atoms with Crippen molar-refractivity contribution >= 4 is 0 Å². The Hall–Kier alpha value is -0.180. The Morgan fingerprint density at radius 2 is 1.44 bits per heavy atom. The van der Waals surface area contributed by atoms with E-state index in [1.54, 1.807) is 0 Å². The molecule has 1 atom stereocenters. The Balaban J connectivity index is 2.64. The van der Waals surface area contributed by atoms with Gasteiger partial charge in [0.05, 0.1) is 6.61 Å². The van der Waals surface area contributed by atoms with Crippen molar-refractivity contribution in [1.82, 2.24) is 0 Å². The number of alkyl halides is 2. The van der Waals surface area contributed by atoms with Gasteiger partial charge in [-0.3, -0.25) is 0 Å². The molecule has 0 radical (unpaired) electrons. The Bertz CT molecular complexity index is 260. The monoisotopic (exact) mass is 234 g/mol. The van der Waals surface area contributed by atoms with Crippen LogP contribution in [0.15, 0.2) is 0 Å². The first-order chi connectivity index (χ1) is 6.87. The smallest absolute Gasteiger partial charge is 0.279 e. The molecule has 0 aromatic rings. The SMILES string of the molecule is CC(C)(C)CO[C@@]1(CC(C)(C)C)CC1(F)F. The summed E-state index contributed by atoms with van der Waals surface area (Å²) in [7, 11) is 0. The minimum absolute atomic E-state index is 0.0659. The van der Waals surface area contributed by atoms with E-state index < -0.39 is 11.5 Å². The van der Waals surface area contributed by atoms with Crippen LogP contribution >= 0.6 is 0 Å². The largest absolute Gasteiger partial charge is 0.368 e.